The van der Waals surface area contributed by atoms with E-state index in [1.165, 1.54) is 10.6 Å². The van der Waals surface area contributed by atoms with Crippen LogP contribution < -0.4 is 21.8 Å². The summed E-state index contributed by atoms with van der Waals surface area (Å²) in [6, 6.07) is 9.56. The maximum absolute atomic E-state index is 14.8. The van der Waals surface area contributed by atoms with Gasteiger partial charge in [-0.25, -0.2) is 8.78 Å². The van der Waals surface area contributed by atoms with E-state index in [1.807, 2.05) is 0 Å². The molecule has 0 saturated heterocycles. The van der Waals surface area contributed by atoms with E-state index in [9.17, 15) is 18.4 Å². The SMILES string of the molecule is Cn1cccc(C(CC#Cc2c(C(N)=O)cc(OCCN)c3[nH]ccc23)c2cc(F)ccc2F)c1=O. The highest BCUT2D eigenvalue weighted by molar-refractivity contribution is 6.04. The summed E-state index contributed by atoms with van der Waals surface area (Å²) in [6.45, 7) is 0.525. The quantitative estimate of drug-likeness (QED) is 0.345. The Morgan fingerprint density at radius 3 is 2.75 bits per heavy atom. The number of nitrogens with two attached hydrogens (primary N) is 2. The van der Waals surface area contributed by atoms with Crippen LogP contribution >= 0.6 is 0 Å². The number of carbonyl (C=O) groups is 1. The highest BCUT2D eigenvalue weighted by Crippen LogP contribution is 2.32. The van der Waals surface area contributed by atoms with Crippen LogP contribution in [0.2, 0.25) is 0 Å². The first-order chi connectivity index (χ1) is 17.3. The van der Waals surface area contributed by atoms with Crippen LogP contribution in [0.4, 0.5) is 8.78 Å². The van der Waals surface area contributed by atoms with E-state index in [2.05, 4.69) is 16.8 Å². The molecule has 1 unspecified atom stereocenters. The molecular formula is C27H24F2N4O3. The van der Waals surface area contributed by atoms with E-state index in [0.717, 1.165) is 18.2 Å². The van der Waals surface area contributed by atoms with Gasteiger partial charge in [0.2, 0.25) is 5.91 Å². The average Bonchev–Trinajstić information content (AvgIpc) is 3.35. The minimum atomic E-state index is -0.848. The maximum atomic E-state index is 14.8. The number of amides is 1. The number of benzene rings is 2. The van der Waals surface area contributed by atoms with Gasteiger partial charge in [0.25, 0.3) is 5.56 Å². The number of carbonyl (C=O) groups excluding carboxylic acids is 1. The third kappa shape index (κ3) is 4.85. The van der Waals surface area contributed by atoms with Crippen molar-refractivity contribution >= 4 is 16.8 Å². The van der Waals surface area contributed by atoms with E-state index in [1.54, 1.807) is 37.6 Å². The van der Waals surface area contributed by atoms with Crippen molar-refractivity contribution in [3.05, 3.63) is 99.1 Å². The van der Waals surface area contributed by atoms with E-state index < -0.39 is 23.5 Å². The van der Waals surface area contributed by atoms with Gasteiger partial charge >= 0.3 is 0 Å². The first kappa shape index (κ1) is 24.7. The summed E-state index contributed by atoms with van der Waals surface area (Å²) in [5, 5.41) is 0.606. The fourth-order valence-corrected chi connectivity index (χ4v) is 4.11. The van der Waals surface area contributed by atoms with Gasteiger partial charge < -0.3 is 25.8 Å². The number of H-pyrrole nitrogens is 1. The normalized spacial score (nSPS) is 11.7. The van der Waals surface area contributed by atoms with Crippen molar-refractivity contribution in [2.75, 3.05) is 13.2 Å². The van der Waals surface area contributed by atoms with Crippen LogP contribution in [0.15, 0.2) is 59.7 Å². The molecule has 0 aliphatic rings. The van der Waals surface area contributed by atoms with Gasteiger partial charge in [0, 0.05) is 54.8 Å². The average molecular weight is 491 g/mol. The molecule has 4 rings (SSSR count). The molecule has 2 aromatic carbocycles. The fraction of sp³-hybridized carbons (Fsp3) is 0.185. The maximum Gasteiger partial charge on any atom is 0.254 e. The zero-order valence-corrected chi connectivity index (χ0v) is 19.5. The Labute approximate surface area is 205 Å². The first-order valence-corrected chi connectivity index (χ1v) is 11.2. The number of nitrogens with zero attached hydrogens (tertiary/aromatic N) is 1. The second-order valence-corrected chi connectivity index (χ2v) is 8.17. The van der Waals surface area contributed by atoms with E-state index in [0.29, 0.717) is 22.2 Å². The number of aromatic nitrogens is 2. The summed E-state index contributed by atoms with van der Waals surface area (Å²) in [5.41, 5.74) is 12.2. The van der Waals surface area contributed by atoms with Crippen LogP contribution in [-0.2, 0) is 7.05 Å². The lowest BCUT2D eigenvalue weighted by molar-refractivity contribution is 0.1000. The molecule has 36 heavy (non-hydrogen) atoms. The van der Waals surface area contributed by atoms with Crippen molar-refractivity contribution < 1.29 is 18.3 Å². The molecule has 0 aliphatic heterocycles. The number of rotatable bonds is 7. The number of primary amides is 1. The van der Waals surface area contributed by atoms with Crippen LogP contribution in [-0.4, -0.2) is 28.6 Å². The van der Waals surface area contributed by atoms with E-state index in [4.69, 9.17) is 16.2 Å². The van der Waals surface area contributed by atoms with Gasteiger partial charge in [-0.2, -0.15) is 0 Å². The van der Waals surface area contributed by atoms with Crippen LogP contribution in [0, 0.1) is 23.5 Å². The molecular weight excluding hydrogens is 466 g/mol. The van der Waals surface area contributed by atoms with Gasteiger partial charge in [0.1, 0.15) is 24.0 Å². The number of nitrogens with one attached hydrogen (secondary N) is 1. The lowest BCUT2D eigenvalue weighted by atomic mass is 9.88. The first-order valence-electron chi connectivity index (χ1n) is 11.2. The lowest BCUT2D eigenvalue weighted by Gasteiger charge is -2.16. The van der Waals surface area contributed by atoms with E-state index >= 15 is 0 Å². The van der Waals surface area contributed by atoms with Crippen LogP contribution in [0.25, 0.3) is 10.9 Å². The largest absolute Gasteiger partial charge is 0.490 e. The highest BCUT2D eigenvalue weighted by atomic mass is 19.1. The van der Waals surface area contributed by atoms with Crippen molar-refractivity contribution in [2.45, 2.75) is 12.3 Å². The molecule has 184 valence electrons. The standard InChI is InChI=1S/C27H24F2N4O3/c1-33-12-3-6-20(27(33)35)18(21-14-16(28)7-8-23(21)29)5-2-4-17-19-9-11-32-25(19)24(36-13-10-30)15-22(17)26(31)34/h3,6-9,11-12,14-15,18,32H,5,10,13,30H2,1H3,(H2,31,34). The number of halogens is 2. The predicted octanol–water partition coefficient (Wildman–Crippen LogP) is 3.15. The summed E-state index contributed by atoms with van der Waals surface area (Å²) in [6.07, 6.45) is 3.23. The Balaban J connectivity index is 1.82. The summed E-state index contributed by atoms with van der Waals surface area (Å²) >= 11 is 0. The number of ether oxygens (including phenoxy) is 1. The zero-order valence-electron chi connectivity index (χ0n) is 19.5. The third-order valence-electron chi connectivity index (χ3n) is 5.83. The number of hydrogen-bond donors (Lipinski definition) is 3. The lowest BCUT2D eigenvalue weighted by Crippen LogP contribution is -2.23. The van der Waals surface area contributed by atoms with Crippen LogP contribution in [0.3, 0.4) is 0 Å². The molecule has 1 atom stereocenters. The topological polar surface area (TPSA) is 116 Å². The second-order valence-electron chi connectivity index (χ2n) is 8.17. The van der Waals surface area contributed by atoms with Crippen molar-refractivity contribution in [1.29, 1.82) is 0 Å². The minimum absolute atomic E-state index is 0.0139. The molecule has 2 heterocycles. The molecule has 0 saturated carbocycles. The molecule has 0 bridgehead atoms. The predicted molar refractivity (Wildman–Crippen MR) is 133 cm³/mol. The van der Waals surface area contributed by atoms with Crippen molar-refractivity contribution in [1.82, 2.24) is 9.55 Å². The third-order valence-corrected chi connectivity index (χ3v) is 5.83. The Kier molecular flexibility index (Phi) is 7.17. The van der Waals surface area contributed by atoms with Gasteiger partial charge in [-0.05, 0) is 42.0 Å². The number of fused-ring (bicyclic) bond motifs is 1. The molecule has 5 N–H and O–H groups in total. The van der Waals surface area contributed by atoms with Gasteiger partial charge in [-0.15, -0.1) is 0 Å². The molecule has 0 aliphatic carbocycles. The Morgan fingerprint density at radius 1 is 1.19 bits per heavy atom. The highest BCUT2D eigenvalue weighted by Gasteiger charge is 2.22. The number of aromatic amines is 1. The van der Waals surface area contributed by atoms with Gasteiger partial charge in [0.05, 0.1) is 11.1 Å². The number of aryl methyl sites for hydroxylation is 1. The fourth-order valence-electron chi connectivity index (χ4n) is 4.11. The van der Waals surface area contributed by atoms with Crippen molar-refractivity contribution in [3.63, 3.8) is 0 Å². The molecule has 9 heteroatoms. The van der Waals surface area contributed by atoms with Gasteiger partial charge in [-0.3, -0.25) is 9.59 Å². The number of hydrogen-bond acceptors (Lipinski definition) is 4. The molecule has 4 aromatic rings. The smallest absolute Gasteiger partial charge is 0.254 e. The molecule has 1 amide bonds. The Bertz CT molecular complexity index is 1560. The van der Waals surface area contributed by atoms with E-state index in [-0.39, 0.29) is 41.8 Å². The molecule has 0 radical (unpaired) electrons. The van der Waals surface area contributed by atoms with Gasteiger partial charge in [0.15, 0.2) is 0 Å². The Morgan fingerprint density at radius 2 is 2.00 bits per heavy atom. The summed E-state index contributed by atoms with van der Waals surface area (Å²) in [5.74, 6) is 3.51. The number of pyridine rings is 1. The molecule has 2 aromatic heterocycles. The summed E-state index contributed by atoms with van der Waals surface area (Å²) < 4.78 is 35.8. The monoisotopic (exact) mass is 490 g/mol. The minimum Gasteiger partial charge on any atom is -0.490 e. The second kappa shape index (κ2) is 10.5. The van der Waals surface area contributed by atoms with Crippen LogP contribution in [0.5, 0.6) is 5.75 Å². The van der Waals surface area contributed by atoms with Crippen molar-refractivity contribution in [3.8, 4) is 17.6 Å². The summed E-state index contributed by atoms with van der Waals surface area (Å²) in [4.78, 5) is 28.1. The zero-order chi connectivity index (χ0) is 25.8. The summed E-state index contributed by atoms with van der Waals surface area (Å²) in [7, 11) is 1.58. The van der Waals surface area contributed by atoms with Gasteiger partial charge in [-0.1, -0.05) is 17.9 Å². The van der Waals surface area contributed by atoms with Crippen molar-refractivity contribution in [2.24, 2.45) is 18.5 Å². The molecule has 0 fully saturated rings. The van der Waals surface area contributed by atoms with Crippen LogP contribution in [0.1, 0.15) is 39.4 Å². The molecule has 7 nitrogen and oxygen atoms in total. The Hall–Kier alpha value is -4.42. The molecule has 0 spiro atoms.